The van der Waals surface area contributed by atoms with E-state index in [2.05, 4.69) is 15.3 Å². The van der Waals surface area contributed by atoms with E-state index in [9.17, 15) is 4.79 Å². The summed E-state index contributed by atoms with van der Waals surface area (Å²) in [6.07, 6.45) is 0.754. The zero-order valence-electron chi connectivity index (χ0n) is 17.1. The molecule has 0 fully saturated rings. The predicted octanol–water partition coefficient (Wildman–Crippen LogP) is 4.85. The number of carbonyl (C=O) groups is 1. The molecule has 0 atom stereocenters. The minimum absolute atomic E-state index is 0.0630. The van der Waals surface area contributed by atoms with E-state index >= 15 is 0 Å². The molecule has 5 rings (SSSR count). The van der Waals surface area contributed by atoms with Gasteiger partial charge in [-0.1, -0.05) is 59.9 Å². The van der Waals surface area contributed by atoms with Gasteiger partial charge in [0, 0.05) is 35.0 Å². The number of fused-ring (bicyclic) bond motifs is 1. The van der Waals surface area contributed by atoms with Gasteiger partial charge in [-0.15, -0.1) is 0 Å². The monoisotopic (exact) mass is 427 g/mol. The molecule has 0 bridgehead atoms. The minimum atomic E-state index is 0.0630. The van der Waals surface area contributed by atoms with Crippen LogP contribution in [0.4, 0.5) is 10.9 Å². The fourth-order valence-electron chi connectivity index (χ4n) is 3.68. The largest absolute Gasteiger partial charge is 0.333 e. The van der Waals surface area contributed by atoms with Crippen LogP contribution in [0.2, 0.25) is 0 Å². The number of anilines is 2. The van der Waals surface area contributed by atoms with E-state index in [4.69, 9.17) is 4.98 Å². The number of aryl methyl sites for hydroxylation is 1. The summed E-state index contributed by atoms with van der Waals surface area (Å²) >= 11 is 1.58. The van der Waals surface area contributed by atoms with Gasteiger partial charge in [0.25, 0.3) is 5.91 Å². The Morgan fingerprint density at radius 2 is 1.74 bits per heavy atom. The van der Waals surface area contributed by atoms with Gasteiger partial charge in [-0.2, -0.15) is 0 Å². The molecule has 1 amide bonds. The van der Waals surface area contributed by atoms with Crippen molar-refractivity contribution in [2.75, 3.05) is 11.9 Å². The lowest BCUT2D eigenvalue weighted by molar-refractivity contribution is 0.0736. The Morgan fingerprint density at radius 3 is 2.52 bits per heavy atom. The van der Waals surface area contributed by atoms with Crippen LogP contribution < -0.4 is 5.32 Å². The van der Waals surface area contributed by atoms with Crippen molar-refractivity contribution < 1.29 is 4.79 Å². The van der Waals surface area contributed by atoms with Gasteiger partial charge >= 0.3 is 0 Å². The standard InChI is InChI=1S/C24H21N5OS/c1-16-25-20(17-8-4-2-5-9-17)14-22(26-16)28-24-27-19-12-13-29(15-21(19)31-24)23(30)18-10-6-3-7-11-18/h2-11,14H,12-13,15H2,1H3,(H,25,26,27,28). The SMILES string of the molecule is Cc1nc(Nc2nc3c(s2)CN(C(=O)c2ccccc2)CC3)cc(-c2ccccc2)n1. The summed E-state index contributed by atoms with van der Waals surface area (Å²) in [6.45, 7) is 3.15. The van der Waals surface area contributed by atoms with Crippen LogP contribution >= 0.6 is 11.3 Å². The molecular weight excluding hydrogens is 406 g/mol. The van der Waals surface area contributed by atoms with Crippen molar-refractivity contribution in [3.8, 4) is 11.3 Å². The summed E-state index contributed by atoms with van der Waals surface area (Å²) in [6, 6.07) is 21.4. The minimum Gasteiger partial charge on any atom is -0.333 e. The number of benzene rings is 2. The topological polar surface area (TPSA) is 71.0 Å². The first-order valence-corrected chi connectivity index (χ1v) is 11.0. The molecule has 3 heterocycles. The van der Waals surface area contributed by atoms with Crippen LogP contribution in [0.5, 0.6) is 0 Å². The van der Waals surface area contributed by atoms with Crippen molar-refractivity contribution in [1.82, 2.24) is 19.9 Å². The van der Waals surface area contributed by atoms with Gasteiger partial charge < -0.3 is 10.2 Å². The van der Waals surface area contributed by atoms with Crippen molar-refractivity contribution in [1.29, 1.82) is 0 Å². The number of thiazole rings is 1. The van der Waals surface area contributed by atoms with Crippen molar-refractivity contribution in [2.24, 2.45) is 0 Å². The molecule has 0 saturated heterocycles. The molecule has 0 unspecified atom stereocenters. The van der Waals surface area contributed by atoms with Gasteiger partial charge in [0.2, 0.25) is 0 Å². The van der Waals surface area contributed by atoms with E-state index in [1.165, 1.54) is 0 Å². The van der Waals surface area contributed by atoms with E-state index in [1.807, 2.05) is 78.6 Å². The first kappa shape index (κ1) is 19.4. The van der Waals surface area contributed by atoms with E-state index < -0.39 is 0 Å². The molecule has 0 radical (unpaired) electrons. The lowest BCUT2D eigenvalue weighted by Crippen LogP contribution is -2.35. The maximum absolute atomic E-state index is 12.8. The summed E-state index contributed by atoms with van der Waals surface area (Å²) < 4.78 is 0. The summed E-state index contributed by atoms with van der Waals surface area (Å²) in [4.78, 5) is 29.6. The Bertz CT molecular complexity index is 1220. The molecule has 0 spiro atoms. The van der Waals surface area contributed by atoms with E-state index in [1.54, 1.807) is 11.3 Å². The third kappa shape index (κ3) is 4.18. The highest BCUT2D eigenvalue weighted by molar-refractivity contribution is 7.15. The normalized spacial score (nSPS) is 13.0. The highest BCUT2D eigenvalue weighted by Gasteiger charge is 2.25. The van der Waals surface area contributed by atoms with Gasteiger partial charge in [0.1, 0.15) is 11.6 Å². The highest BCUT2D eigenvalue weighted by Crippen LogP contribution is 2.31. The molecule has 0 saturated carbocycles. The van der Waals surface area contributed by atoms with Crippen molar-refractivity contribution in [3.05, 3.63) is 88.7 Å². The summed E-state index contributed by atoms with van der Waals surface area (Å²) in [7, 11) is 0. The quantitative estimate of drug-likeness (QED) is 0.504. The number of nitrogens with one attached hydrogen (secondary N) is 1. The average Bonchev–Trinajstić information content (AvgIpc) is 3.20. The Kier molecular flexibility index (Phi) is 5.18. The van der Waals surface area contributed by atoms with Gasteiger partial charge in [-0.3, -0.25) is 4.79 Å². The lowest BCUT2D eigenvalue weighted by atomic mass is 10.1. The molecule has 6 nitrogen and oxygen atoms in total. The maximum atomic E-state index is 12.8. The van der Waals surface area contributed by atoms with Gasteiger partial charge in [0.05, 0.1) is 17.9 Å². The van der Waals surface area contributed by atoms with Crippen LogP contribution in [0.1, 0.15) is 26.8 Å². The number of aromatic nitrogens is 3. The van der Waals surface area contributed by atoms with Crippen LogP contribution in [-0.4, -0.2) is 32.3 Å². The van der Waals surface area contributed by atoms with Crippen LogP contribution in [0, 0.1) is 6.92 Å². The van der Waals surface area contributed by atoms with Gasteiger partial charge in [-0.05, 0) is 19.1 Å². The molecule has 2 aromatic carbocycles. The van der Waals surface area contributed by atoms with Crippen LogP contribution in [0.3, 0.4) is 0 Å². The lowest BCUT2D eigenvalue weighted by Gasteiger charge is -2.26. The number of carbonyl (C=O) groups excluding carboxylic acids is 1. The van der Waals surface area contributed by atoms with Crippen molar-refractivity contribution >= 4 is 28.2 Å². The number of amides is 1. The summed E-state index contributed by atoms with van der Waals surface area (Å²) in [5, 5.41) is 4.13. The predicted molar refractivity (Wildman–Crippen MR) is 122 cm³/mol. The molecule has 1 aliphatic rings. The number of rotatable bonds is 4. The molecule has 31 heavy (non-hydrogen) atoms. The zero-order valence-corrected chi connectivity index (χ0v) is 17.9. The van der Waals surface area contributed by atoms with Gasteiger partial charge in [-0.25, -0.2) is 15.0 Å². The molecule has 4 aromatic rings. The molecule has 2 aromatic heterocycles. The highest BCUT2D eigenvalue weighted by atomic mass is 32.1. The Hall–Kier alpha value is -3.58. The molecule has 1 aliphatic heterocycles. The second kappa shape index (κ2) is 8.28. The second-order valence-corrected chi connectivity index (χ2v) is 8.49. The molecule has 1 N–H and O–H groups in total. The maximum Gasteiger partial charge on any atom is 0.254 e. The molecular formula is C24H21N5OS. The fraction of sp³-hybridized carbons (Fsp3) is 0.167. The third-order valence-corrected chi connectivity index (χ3v) is 6.18. The Balaban J connectivity index is 1.35. The van der Waals surface area contributed by atoms with E-state index in [0.29, 0.717) is 18.9 Å². The second-order valence-electron chi connectivity index (χ2n) is 7.41. The summed E-state index contributed by atoms with van der Waals surface area (Å²) in [5.41, 5.74) is 3.69. The first-order chi connectivity index (χ1) is 15.2. The zero-order chi connectivity index (χ0) is 21.2. The fourth-order valence-corrected chi connectivity index (χ4v) is 4.71. The molecule has 154 valence electrons. The van der Waals surface area contributed by atoms with Crippen molar-refractivity contribution in [3.63, 3.8) is 0 Å². The van der Waals surface area contributed by atoms with E-state index in [-0.39, 0.29) is 5.91 Å². The molecule has 0 aliphatic carbocycles. The number of hydrogen-bond acceptors (Lipinski definition) is 6. The summed E-state index contributed by atoms with van der Waals surface area (Å²) in [5.74, 6) is 1.48. The van der Waals surface area contributed by atoms with Crippen LogP contribution in [-0.2, 0) is 13.0 Å². The van der Waals surface area contributed by atoms with E-state index in [0.717, 1.165) is 44.8 Å². The third-order valence-electron chi connectivity index (χ3n) is 5.18. The number of hydrogen-bond donors (Lipinski definition) is 1. The molecule has 7 heteroatoms. The first-order valence-electron chi connectivity index (χ1n) is 10.2. The van der Waals surface area contributed by atoms with Gasteiger partial charge in [0.15, 0.2) is 5.13 Å². The smallest absolute Gasteiger partial charge is 0.254 e. The van der Waals surface area contributed by atoms with Crippen LogP contribution in [0.25, 0.3) is 11.3 Å². The Labute approximate surface area is 184 Å². The van der Waals surface area contributed by atoms with Crippen molar-refractivity contribution in [2.45, 2.75) is 19.9 Å². The average molecular weight is 428 g/mol. The number of nitrogens with zero attached hydrogens (tertiary/aromatic N) is 4. The Morgan fingerprint density at radius 1 is 1.00 bits per heavy atom. The van der Waals surface area contributed by atoms with Crippen LogP contribution in [0.15, 0.2) is 66.7 Å².